The molecule has 1 fully saturated rings. The molecule has 168 valence electrons. The topological polar surface area (TPSA) is 76.1 Å². The second-order valence-electron chi connectivity index (χ2n) is 7.61. The van der Waals surface area contributed by atoms with Crippen molar-refractivity contribution < 1.29 is 14.2 Å². The molecule has 0 bridgehead atoms. The molecule has 3 N–H and O–H groups in total. The maximum Gasteiger partial charge on any atom is 0.191 e. The van der Waals surface area contributed by atoms with Crippen LogP contribution in [0.5, 0.6) is 5.75 Å². The van der Waals surface area contributed by atoms with Crippen LogP contribution < -0.4 is 20.7 Å². The van der Waals surface area contributed by atoms with Gasteiger partial charge in [-0.3, -0.25) is 4.99 Å². The van der Waals surface area contributed by atoms with Gasteiger partial charge >= 0.3 is 0 Å². The van der Waals surface area contributed by atoms with E-state index in [1.807, 2.05) is 0 Å². The summed E-state index contributed by atoms with van der Waals surface area (Å²) in [4.78, 5) is 4.34. The Morgan fingerprint density at radius 3 is 2.65 bits per heavy atom. The molecule has 1 unspecified atom stereocenters. The average molecular weight is 427 g/mol. The van der Waals surface area contributed by atoms with Crippen molar-refractivity contribution in [2.45, 2.75) is 32.5 Å². The summed E-state index contributed by atoms with van der Waals surface area (Å²) in [5.74, 6) is 1.66. The van der Waals surface area contributed by atoms with Gasteiger partial charge in [-0.1, -0.05) is 24.3 Å². The van der Waals surface area contributed by atoms with Crippen molar-refractivity contribution in [3.8, 4) is 5.75 Å². The summed E-state index contributed by atoms with van der Waals surface area (Å²) < 4.78 is 16.7. The van der Waals surface area contributed by atoms with Gasteiger partial charge in [0.15, 0.2) is 5.96 Å². The highest BCUT2D eigenvalue weighted by molar-refractivity contribution is 5.79. The van der Waals surface area contributed by atoms with Gasteiger partial charge in [-0.25, -0.2) is 0 Å². The van der Waals surface area contributed by atoms with Crippen LogP contribution in [-0.4, -0.2) is 52.6 Å². The summed E-state index contributed by atoms with van der Waals surface area (Å²) in [6.45, 7) is 6.31. The normalized spacial score (nSPS) is 16.2. The lowest BCUT2D eigenvalue weighted by molar-refractivity contribution is 0.140. The molecular formula is C24H34N4O3. The zero-order valence-corrected chi connectivity index (χ0v) is 18.7. The number of hydrogen-bond acceptors (Lipinski definition) is 5. The number of aliphatic imine (C=N–C) groups is 1. The average Bonchev–Trinajstić information content (AvgIpc) is 3.29. The minimum atomic E-state index is 0.130. The summed E-state index contributed by atoms with van der Waals surface area (Å²) in [6, 6.07) is 14.7. The van der Waals surface area contributed by atoms with Crippen LogP contribution in [-0.2, 0) is 22.6 Å². The first-order valence-electron chi connectivity index (χ1n) is 10.8. The minimum absolute atomic E-state index is 0.130. The number of guanidine groups is 1. The molecule has 1 saturated heterocycles. The van der Waals surface area contributed by atoms with E-state index in [0.717, 1.165) is 42.5 Å². The van der Waals surface area contributed by atoms with Gasteiger partial charge in [-0.05, 0) is 36.2 Å². The van der Waals surface area contributed by atoms with E-state index >= 15 is 0 Å². The van der Waals surface area contributed by atoms with Gasteiger partial charge in [-0.2, -0.15) is 0 Å². The Hall–Kier alpha value is -2.77. The molecule has 1 atom stereocenters. The highest BCUT2D eigenvalue weighted by atomic mass is 16.5. The molecule has 7 nitrogen and oxygen atoms in total. The van der Waals surface area contributed by atoms with Crippen LogP contribution in [0.25, 0.3) is 0 Å². The predicted molar refractivity (Wildman–Crippen MR) is 125 cm³/mol. The summed E-state index contributed by atoms with van der Waals surface area (Å²) in [7, 11) is 3.48. The molecule has 3 rings (SSSR count). The van der Waals surface area contributed by atoms with Crippen LogP contribution in [0.1, 0.15) is 23.1 Å². The molecule has 1 aliphatic heterocycles. The smallest absolute Gasteiger partial charge is 0.191 e. The molecule has 0 radical (unpaired) electrons. The third-order valence-electron chi connectivity index (χ3n) is 5.12. The monoisotopic (exact) mass is 426 g/mol. The number of benzene rings is 2. The molecule has 31 heavy (non-hydrogen) atoms. The van der Waals surface area contributed by atoms with Crippen molar-refractivity contribution in [1.29, 1.82) is 0 Å². The molecule has 2 aromatic carbocycles. The molecule has 0 spiro atoms. The van der Waals surface area contributed by atoms with E-state index in [-0.39, 0.29) is 6.10 Å². The number of nitrogens with zero attached hydrogens (tertiary/aromatic N) is 1. The molecule has 7 heteroatoms. The van der Waals surface area contributed by atoms with Gasteiger partial charge in [0.2, 0.25) is 0 Å². The van der Waals surface area contributed by atoms with E-state index in [9.17, 15) is 0 Å². The minimum Gasteiger partial charge on any atom is -0.488 e. The summed E-state index contributed by atoms with van der Waals surface area (Å²) in [5.41, 5.74) is 4.55. The largest absolute Gasteiger partial charge is 0.488 e. The Bertz CT molecular complexity index is 833. The van der Waals surface area contributed by atoms with Crippen LogP contribution >= 0.6 is 0 Å². The van der Waals surface area contributed by atoms with E-state index in [4.69, 9.17) is 14.2 Å². The molecule has 2 aromatic rings. The molecule has 0 saturated carbocycles. The lowest BCUT2D eigenvalue weighted by Crippen LogP contribution is -2.36. The van der Waals surface area contributed by atoms with Crippen LogP contribution in [0, 0.1) is 6.92 Å². The van der Waals surface area contributed by atoms with E-state index in [0.29, 0.717) is 26.3 Å². The first-order chi connectivity index (χ1) is 15.2. The number of aryl methyl sites for hydroxylation is 1. The summed E-state index contributed by atoms with van der Waals surface area (Å²) in [6.07, 6.45) is 1.06. The van der Waals surface area contributed by atoms with Crippen molar-refractivity contribution in [1.82, 2.24) is 10.6 Å². The van der Waals surface area contributed by atoms with Crippen molar-refractivity contribution >= 4 is 11.6 Å². The standard InChI is InChI=1S/C24H34N4O3/c1-18-4-7-20(23(14-18)31-22-10-12-30-17-22)16-28-24(25-2)27-15-19-5-8-21(9-6-19)26-11-13-29-3/h4-9,14,22,26H,10-13,15-17H2,1-3H3,(H2,25,27,28). The maximum absolute atomic E-state index is 6.19. The molecule has 0 aliphatic carbocycles. The number of rotatable bonds is 10. The third-order valence-corrected chi connectivity index (χ3v) is 5.12. The number of ether oxygens (including phenoxy) is 3. The number of nitrogens with one attached hydrogen (secondary N) is 3. The van der Waals surface area contributed by atoms with Gasteiger partial charge in [0.1, 0.15) is 11.9 Å². The Labute approximate surface area is 185 Å². The molecular weight excluding hydrogens is 392 g/mol. The molecule has 0 aromatic heterocycles. The Kier molecular flexibility index (Phi) is 8.99. The second kappa shape index (κ2) is 12.2. The summed E-state index contributed by atoms with van der Waals surface area (Å²) >= 11 is 0. The maximum atomic E-state index is 6.19. The predicted octanol–water partition coefficient (Wildman–Crippen LogP) is 3.09. The zero-order chi connectivity index (χ0) is 21.9. The van der Waals surface area contributed by atoms with Gasteiger partial charge in [0, 0.05) is 51.5 Å². The fraction of sp³-hybridized carbons (Fsp3) is 0.458. The van der Waals surface area contributed by atoms with Crippen molar-refractivity contribution in [2.24, 2.45) is 4.99 Å². The molecule has 1 aliphatic rings. The van der Waals surface area contributed by atoms with Crippen molar-refractivity contribution in [3.05, 3.63) is 59.2 Å². The Balaban J connectivity index is 1.50. The second-order valence-corrected chi connectivity index (χ2v) is 7.61. The SMILES string of the molecule is CN=C(NCc1ccc(NCCOC)cc1)NCc1ccc(C)cc1OC1CCOC1. The lowest BCUT2D eigenvalue weighted by Gasteiger charge is -2.18. The van der Waals surface area contributed by atoms with E-state index < -0.39 is 0 Å². The van der Waals surface area contributed by atoms with Gasteiger partial charge < -0.3 is 30.2 Å². The van der Waals surface area contributed by atoms with Crippen LogP contribution in [0.15, 0.2) is 47.5 Å². The van der Waals surface area contributed by atoms with Crippen molar-refractivity contribution in [3.63, 3.8) is 0 Å². The van der Waals surface area contributed by atoms with Crippen LogP contribution in [0.4, 0.5) is 5.69 Å². The van der Waals surface area contributed by atoms with Crippen LogP contribution in [0.2, 0.25) is 0 Å². The first-order valence-corrected chi connectivity index (χ1v) is 10.8. The van der Waals surface area contributed by atoms with E-state index in [2.05, 4.69) is 70.3 Å². The van der Waals surface area contributed by atoms with Crippen LogP contribution in [0.3, 0.4) is 0 Å². The van der Waals surface area contributed by atoms with Crippen molar-refractivity contribution in [2.75, 3.05) is 45.8 Å². The highest BCUT2D eigenvalue weighted by Crippen LogP contribution is 2.23. The van der Waals surface area contributed by atoms with E-state index in [1.165, 1.54) is 11.1 Å². The highest BCUT2D eigenvalue weighted by Gasteiger charge is 2.18. The third kappa shape index (κ3) is 7.45. The first kappa shape index (κ1) is 22.9. The molecule has 1 heterocycles. The molecule has 0 amide bonds. The number of hydrogen-bond donors (Lipinski definition) is 3. The quantitative estimate of drug-likeness (QED) is 0.308. The zero-order valence-electron chi connectivity index (χ0n) is 18.7. The van der Waals surface area contributed by atoms with Gasteiger partial charge in [0.25, 0.3) is 0 Å². The Morgan fingerprint density at radius 1 is 1.13 bits per heavy atom. The number of methoxy groups -OCH3 is 1. The van der Waals surface area contributed by atoms with Gasteiger partial charge in [-0.15, -0.1) is 0 Å². The Morgan fingerprint density at radius 2 is 1.94 bits per heavy atom. The van der Waals surface area contributed by atoms with Gasteiger partial charge in [0.05, 0.1) is 19.8 Å². The lowest BCUT2D eigenvalue weighted by atomic mass is 10.1. The number of anilines is 1. The van der Waals surface area contributed by atoms with E-state index in [1.54, 1.807) is 14.2 Å². The summed E-state index contributed by atoms with van der Waals surface area (Å²) in [5, 5.41) is 10.1. The fourth-order valence-corrected chi connectivity index (χ4v) is 3.33. The fourth-order valence-electron chi connectivity index (χ4n) is 3.33.